The Bertz CT molecular complexity index is 361. The molecule has 0 bridgehead atoms. The van der Waals surface area contributed by atoms with E-state index in [0.29, 0.717) is 0 Å². The van der Waals surface area contributed by atoms with Gasteiger partial charge in [0.1, 0.15) is 24.4 Å². The molecule has 1 aliphatic heterocycles. The van der Waals surface area contributed by atoms with Crippen LogP contribution < -0.4 is 5.32 Å². The Morgan fingerprint density at radius 1 is 1.19 bits per heavy atom. The highest BCUT2D eigenvalue weighted by Crippen LogP contribution is 2.21. The normalized spacial score (nSPS) is 32.5. The molecule has 21 heavy (non-hydrogen) atoms. The van der Waals surface area contributed by atoms with Crippen molar-refractivity contribution in [2.75, 3.05) is 20.8 Å². The molecule has 9 nitrogen and oxygen atoms in total. The van der Waals surface area contributed by atoms with E-state index in [9.17, 15) is 19.8 Å². The van der Waals surface area contributed by atoms with Crippen LogP contribution in [0.4, 0.5) is 0 Å². The number of carbonyl (C=O) groups excluding carboxylic acids is 2. The summed E-state index contributed by atoms with van der Waals surface area (Å²) in [6, 6.07) is -1.02. The fourth-order valence-corrected chi connectivity index (χ4v) is 2.01. The predicted molar refractivity (Wildman–Crippen MR) is 68.0 cm³/mol. The summed E-state index contributed by atoms with van der Waals surface area (Å²) < 4.78 is 14.6. The van der Waals surface area contributed by atoms with Crippen molar-refractivity contribution in [3.63, 3.8) is 0 Å². The van der Waals surface area contributed by atoms with Gasteiger partial charge >= 0.3 is 5.97 Å². The lowest BCUT2D eigenvalue weighted by Crippen LogP contribution is -2.64. The summed E-state index contributed by atoms with van der Waals surface area (Å²) in [5.74, 6) is -1.06. The third kappa shape index (κ3) is 4.61. The van der Waals surface area contributed by atoms with E-state index in [1.165, 1.54) is 14.2 Å². The molecule has 2 unspecified atom stereocenters. The van der Waals surface area contributed by atoms with Crippen molar-refractivity contribution in [2.24, 2.45) is 0 Å². The molecule has 1 amide bonds. The van der Waals surface area contributed by atoms with Gasteiger partial charge in [0.05, 0.1) is 20.1 Å². The van der Waals surface area contributed by atoms with Gasteiger partial charge in [-0.3, -0.25) is 9.59 Å². The standard InChI is InChI=1S/C12H21NO8/c1-19-8(16)4-3-7(15)13-9-11(18)10(17)6(5-14)21-12(9)20-2/h6,9-12,14,17-18H,3-5H2,1-2H3,(H,13,15)/t6?,9?,10-,11+,12+/m0/s1. The zero-order valence-electron chi connectivity index (χ0n) is 11.9. The number of esters is 1. The number of hydrogen-bond acceptors (Lipinski definition) is 8. The van der Waals surface area contributed by atoms with E-state index in [1.807, 2.05) is 0 Å². The summed E-state index contributed by atoms with van der Waals surface area (Å²) in [7, 11) is 2.52. The molecular weight excluding hydrogens is 286 g/mol. The zero-order valence-corrected chi connectivity index (χ0v) is 11.9. The maximum absolute atomic E-state index is 11.7. The highest BCUT2D eigenvalue weighted by atomic mass is 16.7. The van der Waals surface area contributed by atoms with Crippen LogP contribution in [0.1, 0.15) is 12.8 Å². The molecule has 9 heteroatoms. The Balaban J connectivity index is 2.62. The van der Waals surface area contributed by atoms with E-state index in [2.05, 4.69) is 10.1 Å². The van der Waals surface area contributed by atoms with Gasteiger partial charge in [0, 0.05) is 13.5 Å². The van der Waals surface area contributed by atoms with E-state index in [-0.39, 0.29) is 12.8 Å². The molecule has 5 atom stereocenters. The third-order valence-corrected chi connectivity index (χ3v) is 3.22. The van der Waals surface area contributed by atoms with Crippen LogP contribution in [-0.2, 0) is 23.8 Å². The van der Waals surface area contributed by atoms with Crippen molar-refractivity contribution in [3.05, 3.63) is 0 Å². The van der Waals surface area contributed by atoms with Crippen LogP contribution in [0.2, 0.25) is 0 Å². The van der Waals surface area contributed by atoms with Gasteiger partial charge in [0.2, 0.25) is 5.91 Å². The summed E-state index contributed by atoms with van der Waals surface area (Å²) in [6.45, 7) is -0.499. The fourth-order valence-electron chi connectivity index (χ4n) is 2.01. The lowest BCUT2D eigenvalue weighted by Gasteiger charge is -2.41. The van der Waals surface area contributed by atoms with Crippen molar-refractivity contribution in [2.45, 2.75) is 43.5 Å². The van der Waals surface area contributed by atoms with Gasteiger partial charge in [-0.1, -0.05) is 0 Å². The summed E-state index contributed by atoms with van der Waals surface area (Å²) in [4.78, 5) is 22.7. The van der Waals surface area contributed by atoms with Crippen LogP contribution in [0.15, 0.2) is 0 Å². The Morgan fingerprint density at radius 2 is 1.86 bits per heavy atom. The second-order valence-electron chi connectivity index (χ2n) is 4.61. The molecule has 1 saturated heterocycles. The number of hydrogen-bond donors (Lipinski definition) is 4. The van der Waals surface area contributed by atoms with Crippen molar-refractivity contribution in [3.8, 4) is 0 Å². The Morgan fingerprint density at radius 3 is 2.38 bits per heavy atom. The largest absolute Gasteiger partial charge is 0.469 e. The Hall–Kier alpha value is -1.26. The smallest absolute Gasteiger partial charge is 0.306 e. The van der Waals surface area contributed by atoms with Crippen LogP contribution in [0.3, 0.4) is 0 Å². The first-order valence-electron chi connectivity index (χ1n) is 6.46. The molecule has 0 aromatic rings. The van der Waals surface area contributed by atoms with Gasteiger partial charge < -0.3 is 34.8 Å². The number of amides is 1. The molecule has 0 radical (unpaired) electrons. The number of aliphatic hydroxyl groups is 3. The molecule has 1 aliphatic rings. The van der Waals surface area contributed by atoms with Crippen LogP contribution >= 0.6 is 0 Å². The van der Waals surface area contributed by atoms with E-state index in [0.717, 1.165) is 0 Å². The Kier molecular flexibility index (Phi) is 6.99. The van der Waals surface area contributed by atoms with Crippen LogP contribution in [-0.4, -0.2) is 78.7 Å². The average molecular weight is 307 g/mol. The fraction of sp³-hybridized carbons (Fsp3) is 0.833. The summed E-state index contributed by atoms with van der Waals surface area (Å²) in [6.07, 6.45) is -5.01. The van der Waals surface area contributed by atoms with Gasteiger partial charge in [-0.05, 0) is 0 Å². The van der Waals surface area contributed by atoms with Gasteiger partial charge in [0.15, 0.2) is 6.29 Å². The second kappa shape index (κ2) is 8.25. The number of methoxy groups -OCH3 is 2. The highest BCUT2D eigenvalue weighted by Gasteiger charge is 2.45. The quantitative estimate of drug-likeness (QED) is 0.396. The molecule has 0 saturated carbocycles. The third-order valence-electron chi connectivity index (χ3n) is 3.22. The number of ether oxygens (including phenoxy) is 3. The molecule has 122 valence electrons. The average Bonchev–Trinajstić information content (AvgIpc) is 2.49. The molecule has 0 aromatic heterocycles. The van der Waals surface area contributed by atoms with E-state index < -0.39 is 49.1 Å². The van der Waals surface area contributed by atoms with Crippen molar-refractivity contribution in [1.82, 2.24) is 5.32 Å². The lowest BCUT2D eigenvalue weighted by molar-refractivity contribution is -0.262. The first-order chi connectivity index (χ1) is 9.94. The topological polar surface area (TPSA) is 135 Å². The van der Waals surface area contributed by atoms with Gasteiger partial charge in [-0.2, -0.15) is 0 Å². The molecule has 1 fully saturated rings. The van der Waals surface area contributed by atoms with Gasteiger partial charge in [-0.15, -0.1) is 0 Å². The van der Waals surface area contributed by atoms with Crippen LogP contribution in [0.5, 0.6) is 0 Å². The number of carbonyl (C=O) groups is 2. The van der Waals surface area contributed by atoms with E-state index in [4.69, 9.17) is 14.6 Å². The maximum Gasteiger partial charge on any atom is 0.306 e. The molecule has 0 spiro atoms. The van der Waals surface area contributed by atoms with Crippen LogP contribution in [0.25, 0.3) is 0 Å². The van der Waals surface area contributed by atoms with Gasteiger partial charge in [0.25, 0.3) is 0 Å². The second-order valence-corrected chi connectivity index (χ2v) is 4.61. The number of nitrogens with one attached hydrogen (secondary N) is 1. The first-order valence-corrected chi connectivity index (χ1v) is 6.46. The minimum absolute atomic E-state index is 0.106. The van der Waals surface area contributed by atoms with E-state index >= 15 is 0 Å². The number of rotatable bonds is 6. The molecule has 4 N–H and O–H groups in total. The summed E-state index contributed by atoms with van der Waals surface area (Å²) in [5, 5.41) is 31.2. The van der Waals surface area contributed by atoms with Crippen LogP contribution in [0, 0.1) is 0 Å². The molecule has 1 heterocycles. The van der Waals surface area contributed by atoms with Crippen molar-refractivity contribution >= 4 is 11.9 Å². The summed E-state index contributed by atoms with van der Waals surface area (Å²) >= 11 is 0. The van der Waals surface area contributed by atoms with Gasteiger partial charge in [-0.25, -0.2) is 0 Å². The van der Waals surface area contributed by atoms with Crippen molar-refractivity contribution < 1.29 is 39.1 Å². The minimum atomic E-state index is -1.37. The zero-order chi connectivity index (χ0) is 16.0. The lowest BCUT2D eigenvalue weighted by atomic mass is 9.97. The maximum atomic E-state index is 11.7. The first kappa shape index (κ1) is 17.8. The van der Waals surface area contributed by atoms with E-state index in [1.54, 1.807) is 0 Å². The Labute approximate surface area is 121 Å². The molecule has 0 aliphatic carbocycles. The molecule has 1 rings (SSSR count). The molecule has 0 aromatic carbocycles. The predicted octanol–water partition coefficient (Wildman–Crippen LogP) is -2.49. The highest BCUT2D eigenvalue weighted by molar-refractivity contribution is 5.81. The summed E-state index contributed by atoms with van der Waals surface area (Å²) in [5.41, 5.74) is 0. The van der Waals surface area contributed by atoms with Crippen molar-refractivity contribution in [1.29, 1.82) is 0 Å². The number of aliphatic hydroxyl groups excluding tert-OH is 3. The molecular formula is C12H21NO8. The monoisotopic (exact) mass is 307 g/mol. The minimum Gasteiger partial charge on any atom is -0.469 e. The SMILES string of the molecule is COC(=O)CCC(=O)NC1[C@H](OC)OC(CO)[C@H](O)[C@@H]1O.